The zero-order chi connectivity index (χ0) is 17.7. The fraction of sp³-hybridized carbons (Fsp3) is 0.412. The Morgan fingerprint density at radius 3 is 2.50 bits per heavy atom. The van der Waals surface area contributed by atoms with E-state index in [1.807, 2.05) is 6.07 Å². The summed E-state index contributed by atoms with van der Waals surface area (Å²) in [6.07, 6.45) is 1.76. The summed E-state index contributed by atoms with van der Waals surface area (Å²) in [5.74, 6) is 2.11. The molecule has 1 aromatic heterocycles. The zero-order valence-electron chi connectivity index (χ0n) is 14.3. The van der Waals surface area contributed by atoms with Gasteiger partial charge in [0.2, 0.25) is 5.89 Å². The first kappa shape index (κ1) is 18.6. The first-order chi connectivity index (χ1) is 11.3. The number of guanidine groups is 1. The van der Waals surface area contributed by atoms with Gasteiger partial charge in [-0.15, -0.1) is 0 Å². The van der Waals surface area contributed by atoms with Crippen molar-refractivity contribution in [3.05, 3.63) is 51.7 Å². The minimum absolute atomic E-state index is 0.0590. The first-order valence-electron chi connectivity index (χ1n) is 7.63. The molecule has 0 fully saturated rings. The highest BCUT2D eigenvalue weighted by molar-refractivity contribution is 6.35. The quantitative estimate of drug-likeness (QED) is 0.628. The van der Waals surface area contributed by atoms with Crippen LogP contribution in [0.4, 0.5) is 0 Å². The summed E-state index contributed by atoms with van der Waals surface area (Å²) >= 11 is 12.1. The van der Waals surface area contributed by atoms with Gasteiger partial charge >= 0.3 is 0 Å². The van der Waals surface area contributed by atoms with Crippen molar-refractivity contribution >= 4 is 29.2 Å². The molecule has 2 N–H and O–H groups in total. The average molecular weight is 369 g/mol. The van der Waals surface area contributed by atoms with Gasteiger partial charge < -0.3 is 15.1 Å². The molecule has 0 aliphatic heterocycles. The number of nitrogens with zero attached hydrogens (tertiary/aromatic N) is 2. The lowest BCUT2D eigenvalue weighted by Gasteiger charge is -2.13. The second kappa shape index (κ2) is 7.90. The average Bonchev–Trinajstić information content (AvgIpc) is 2.98. The third kappa shape index (κ3) is 5.14. The van der Waals surface area contributed by atoms with Crippen LogP contribution in [0.25, 0.3) is 0 Å². The van der Waals surface area contributed by atoms with Crippen LogP contribution in [-0.4, -0.2) is 18.0 Å². The highest BCUT2D eigenvalue weighted by Gasteiger charge is 2.19. The predicted octanol–water partition coefficient (Wildman–Crippen LogP) is 4.14. The van der Waals surface area contributed by atoms with Crippen molar-refractivity contribution in [2.75, 3.05) is 7.05 Å². The third-order valence-electron chi connectivity index (χ3n) is 3.38. The van der Waals surface area contributed by atoms with Crippen LogP contribution in [0.1, 0.15) is 38.0 Å². The van der Waals surface area contributed by atoms with Gasteiger partial charge in [0.05, 0.1) is 12.7 Å². The number of hydrogen-bond donors (Lipinski definition) is 2. The molecule has 5 nitrogen and oxygen atoms in total. The summed E-state index contributed by atoms with van der Waals surface area (Å²) in [6, 6.07) is 5.41. The van der Waals surface area contributed by atoms with Crippen molar-refractivity contribution in [2.45, 2.75) is 39.3 Å². The highest BCUT2D eigenvalue weighted by Crippen LogP contribution is 2.22. The number of aliphatic imine (C=N–C) groups is 1. The Bertz CT molecular complexity index is 720. The molecule has 1 aromatic carbocycles. The molecule has 1 heterocycles. The van der Waals surface area contributed by atoms with Gasteiger partial charge in [-0.1, -0.05) is 50.0 Å². The van der Waals surface area contributed by atoms with Gasteiger partial charge in [-0.25, -0.2) is 4.98 Å². The molecule has 0 aliphatic carbocycles. The van der Waals surface area contributed by atoms with Crippen LogP contribution < -0.4 is 10.6 Å². The number of halogens is 2. The fourth-order valence-electron chi connectivity index (χ4n) is 1.96. The monoisotopic (exact) mass is 368 g/mol. The van der Waals surface area contributed by atoms with Gasteiger partial charge in [0.25, 0.3) is 0 Å². The lowest BCUT2D eigenvalue weighted by molar-refractivity contribution is 0.379. The third-order valence-corrected chi connectivity index (χ3v) is 3.97. The van der Waals surface area contributed by atoms with Crippen molar-refractivity contribution in [1.29, 1.82) is 0 Å². The van der Waals surface area contributed by atoms with Gasteiger partial charge in [0.1, 0.15) is 5.76 Å². The van der Waals surface area contributed by atoms with E-state index in [4.69, 9.17) is 27.6 Å². The second-order valence-corrected chi connectivity index (χ2v) is 7.23. The molecule has 0 bridgehead atoms. The summed E-state index contributed by atoms with van der Waals surface area (Å²) in [4.78, 5) is 8.46. The van der Waals surface area contributed by atoms with E-state index in [0.29, 0.717) is 35.0 Å². The molecule has 0 unspecified atom stereocenters. The van der Waals surface area contributed by atoms with E-state index in [1.165, 1.54) is 0 Å². The Hall–Kier alpha value is -1.72. The lowest BCUT2D eigenvalue weighted by Crippen LogP contribution is -2.36. The Morgan fingerprint density at radius 1 is 1.21 bits per heavy atom. The molecule has 0 saturated heterocycles. The van der Waals surface area contributed by atoms with Crippen LogP contribution in [-0.2, 0) is 18.5 Å². The van der Waals surface area contributed by atoms with Crippen LogP contribution in [0.15, 0.2) is 33.8 Å². The molecular weight excluding hydrogens is 347 g/mol. The fourth-order valence-corrected chi connectivity index (χ4v) is 2.44. The van der Waals surface area contributed by atoms with Crippen molar-refractivity contribution in [1.82, 2.24) is 15.6 Å². The maximum atomic E-state index is 6.16. The maximum absolute atomic E-state index is 6.16. The van der Waals surface area contributed by atoms with Crippen LogP contribution >= 0.6 is 23.2 Å². The molecule has 130 valence electrons. The molecule has 7 heteroatoms. The van der Waals surface area contributed by atoms with Gasteiger partial charge in [-0.2, -0.15) is 0 Å². The number of rotatable bonds is 4. The van der Waals surface area contributed by atoms with Crippen molar-refractivity contribution in [2.24, 2.45) is 4.99 Å². The smallest absolute Gasteiger partial charge is 0.213 e. The van der Waals surface area contributed by atoms with E-state index >= 15 is 0 Å². The van der Waals surface area contributed by atoms with E-state index in [0.717, 1.165) is 11.3 Å². The van der Waals surface area contributed by atoms with E-state index in [-0.39, 0.29) is 5.41 Å². The second-order valence-electron chi connectivity index (χ2n) is 6.38. The van der Waals surface area contributed by atoms with Crippen LogP contribution in [0.3, 0.4) is 0 Å². The van der Waals surface area contributed by atoms with Crippen molar-refractivity contribution < 1.29 is 4.42 Å². The van der Waals surface area contributed by atoms with Crippen molar-refractivity contribution in [3.63, 3.8) is 0 Å². The normalized spacial score (nSPS) is 12.3. The van der Waals surface area contributed by atoms with Crippen molar-refractivity contribution in [3.8, 4) is 0 Å². The van der Waals surface area contributed by atoms with Gasteiger partial charge in [-0.3, -0.25) is 4.99 Å². The largest absolute Gasteiger partial charge is 0.443 e. The molecule has 0 saturated carbocycles. The number of nitrogens with one attached hydrogen (secondary N) is 2. The Labute approximate surface area is 152 Å². The minimum atomic E-state index is -0.0590. The minimum Gasteiger partial charge on any atom is -0.443 e. The molecular formula is C17H22Cl2N4O. The number of aromatic nitrogens is 1. The molecule has 0 radical (unpaired) electrons. The molecule has 0 aliphatic rings. The lowest BCUT2D eigenvalue weighted by atomic mass is 9.94. The molecule has 0 spiro atoms. The number of hydrogen-bond acceptors (Lipinski definition) is 3. The summed E-state index contributed by atoms with van der Waals surface area (Å²) < 4.78 is 5.75. The Kier molecular flexibility index (Phi) is 6.13. The molecule has 0 atom stereocenters. The highest BCUT2D eigenvalue weighted by atomic mass is 35.5. The first-order valence-corrected chi connectivity index (χ1v) is 8.39. The predicted molar refractivity (Wildman–Crippen MR) is 98.7 cm³/mol. The van der Waals surface area contributed by atoms with E-state index < -0.39 is 0 Å². The molecule has 2 rings (SSSR count). The van der Waals surface area contributed by atoms with E-state index in [1.54, 1.807) is 25.4 Å². The van der Waals surface area contributed by atoms with Gasteiger partial charge in [0, 0.05) is 29.1 Å². The zero-order valence-corrected chi connectivity index (χ0v) is 15.8. The van der Waals surface area contributed by atoms with Gasteiger partial charge in [-0.05, 0) is 17.7 Å². The number of oxazole rings is 1. The summed E-state index contributed by atoms with van der Waals surface area (Å²) in [7, 11) is 1.70. The Morgan fingerprint density at radius 2 is 1.92 bits per heavy atom. The molecule has 2 aromatic rings. The maximum Gasteiger partial charge on any atom is 0.213 e. The summed E-state index contributed by atoms with van der Waals surface area (Å²) in [5, 5.41) is 7.59. The van der Waals surface area contributed by atoms with Crippen LogP contribution in [0.2, 0.25) is 10.0 Å². The molecule has 24 heavy (non-hydrogen) atoms. The van der Waals surface area contributed by atoms with Gasteiger partial charge in [0.15, 0.2) is 5.96 Å². The molecule has 0 amide bonds. The number of benzene rings is 1. The van der Waals surface area contributed by atoms with Crippen LogP contribution in [0.5, 0.6) is 0 Å². The Balaban J connectivity index is 1.90. The SMILES string of the molecule is CN=C(NCc1ncc(C(C)(C)C)o1)NCc1ccc(Cl)cc1Cl. The van der Waals surface area contributed by atoms with Crippen LogP contribution in [0, 0.1) is 0 Å². The summed E-state index contributed by atoms with van der Waals surface area (Å²) in [5.41, 5.74) is 0.881. The summed E-state index contributed by atoms with van der Waals surface area (Å²) in [6.45, 7) is 7.24. The van der Waals surface area contributed by atoms with E-state index in [9.17, 15) is 0 Å². The standard InChI is InChI=1S/C17H22Cl2N4O/c1-17(2,3)14-9-21-15(24-14)10-23-16(20-4)22-8-11-5-6-12(18)7-13(11)19/h5-7,9H,8,10H2,1-4H3,(H2,20,22,23). The topological polar surface area (TPSA) is 62.5 Å². The van der Waals surface area contributed by atoms with E-state index in [2.05, 4.69) is 41.4 Å².